The maximum atomic E-state index is 12.5. The quantitative estimate of drug-likeness (QED) is 0.476. The van der Waals surface area contributed by atoms with Gasteiger partial charge in [0.1, 0.15) is 0 Å². The molecule has 1 amide bonds. The molecule has 0 aromatic heterocycles. The third-order valence-electron chi connectivity index (χ3n) is 3.61. The van der Waals surface area contributed by atoms with Crippen LogP contribution in [0.25, 0.3) is 0 Å². The number of benzene rings is 1. The van der Waals surface area contributed by atoms with Gasteiger partial charge in [-0.15, -0.1) is 11.6 Å². The number of nitrogens with zero attached hydrogens (tertiary/aromatic N) is 2. The first kappa shape index (κ1) is 14.8. The standard InChI is InChI=1S/C14H17ClN2O3/c15-8-2-6-12-7-3-9-16(12)14(18)11-4-1-5-13(10-11)17(19)20/h1,4-5,10,12H,2-3,6-9H2. The first-order valence-corrected chi connectivity index (χ1v) is 7.28. The van der Waals surface area contributed by atoms with Gasteiger partial charge >= 0.3 is 0 Å². The van der Waals surface area contributed by atoms with E-state index in [-0.39, 0.29) is 17.6 Å². The van der Waals surface area contributed by atoms with Crippen molar-refractivity contribution in [1.29, 1.82) is 0 Å². The highest BCUT2D eigenvalue weighted by atomic mass is 35.5. The zero-order chi connectivity index (χ0) is 14.5. The number of non-ortho nitro benzene ring substituents is 1. The number of carbonyl (C=O) groups is 1. The van der Waals surface area contributed by atoms with Crippen molar-refractivity contribution in [1.82, 2.24) is 4.90 Å². The van der Waals surface area contributed by atoms with Gasteiger partial charge in [-0.05, 0) is 31.7 Å². The fourth-order valence-corrected chi connectivity index (χ4v) is 2.79. The van der Waals surface area contributed by atoms with E-state index in [0.29, 0.717) is 18.0 Å². The van der Waals surface area contributed by atoms with Crippen LogP contribution in [0.4, 0.5) is 5.69 Å². The summed E-state index contributed by atoms with van der Waals surface area (Å²) < 4.78 is 0. The summed E-state index contributed by atoms with van der Waals surface area (Å²) in [5.41, 5.74) is 0.337. The van der Waals surface area contributed by atoms with Gasteiger partial charge in [0.2, 0.25) is 0 Å². The molecule has 1 unspecified atom stereocenters. The third kappa shape index (κ3) is 3.28. The Bertz CT molecular complexity index is 507. The highest BCUT2D eigenvalue weighted by Crippen LogP contribution is 2.24. The predicted octanol–water partition coefficient (Wildman–Crippen LogP) is 3.22. The molecular formula is C14H17ClN2O3. The SMILES string of the molecule is O=C(c1cccc([N+](=O)[O-])c1)N1CCCC1CCCCl. The number of nitro groups is 1. The smallest absolute Gasteiger partial charge is 0.270 e. The second-order valence-corrected chi connectivity index (χ2v) is 5.31. The van der Waals surface area contributed by atoms with Gasteiger partial charge < -0.3 is 4.90 Å². The van der Waals surface area contributed by atoms with E-state index in [1.807, 2.05) is 4.90 Å². The number of carbonyl (C=O) groups excluding carboxylic acids is 1. The van der Waals surface area contributed by atoms with Gasteiger partial charge in [-0.1, -0.05) is 6.07 Å². The number of amides is 1. The van der Waals surface area contributed by atoms with E-state index in [0.717, 1.165) is 25.7 Å². The van der Waals surface area contributed by atoms with Gasteiger partial charge in [-0.3, -0.25) is 14.9 Å². The number of rotatable bonds is 5. The van der Waals surface area contributed by atoms with Crippen molar-refractivity contribution in [2.24, 2.45) is 0 Å². The molecule has 1 fully saturated rings. The molecule has 1 aromatic carbocycles. The van der Waals surface area contributed by atoms with Gasteiger partial charge in [0.15, 0.2) is 0 Å². The van der Waals surface area contributed by atoms with E-state index in [2.05, 4.69) is 0 Å². The summed E-state index contributed by atoms with van der Waals surface area (Å²) in [7, 11) is 0. The Morgan fingerprint density at radius 1 is 1.50 bits per heavy atom. The van der Waals surface area contributed by atoms with Crippen LogP contribution in [0.15, 0.2) is 24.3 Å². The van der Waals surface area contributed by atoms with Crippen LogP contribution >= 0.6 is 11.6 Å². The number of hydrogen-bond donors (Lipinski definition) is 0. The van der Waals surface area contributed by atoms with Gasteiger partial charge in [-0.2, -0.15) is 0 Å². The lowest BCUT2D eigenvalue weighted by Crippen LogP contribution is -2.35. The molecule has 0 spiro atoms. The highest BCUT2D eigenvalue weighted by Gasteiger charge is 2.29. The summed E-state index contributed by atoms with van der Waals surface area (Å²) in [5.74, 6) is 0.473. The van der Waals surface area contributed by atoms with Crippen molar-refractivity contribution in [3.63, 3.8) is 0 Å². The number of alkyl halides is 1. The normalized spacial score (nSPS) is 18.2. The Morgan fingerprint density at radius 3 is 3.00 bits per heavy atom. The fraction of sp³-hybridized carbons (Fsp3) is 0.500. The average Bonchev–Trinajstić information content (AvgIpc) is 2.92. The van der Waals surface area contributed by atoms with E-state index in [9.17, 15) is 14.9 Å². The van der Waals surface area contributed by atoms with Crippen molar-refractivity contribution in [3.8, 4) is 0 Å². The summed E-state index contributed by atoms with van der Waals surface area (Å²) >= 11 is 5.70. The monoisotopic (exact) mass is 296 g/mol. The molecule has 0 saturated carbocycles. The molecular weight excluding hydrogens is 280 g/mol. The molecule has 1 aliphatic heterocycles. The maximum absolute atomic E-state index is 12.5. The van der Waals surface area contributed by atoms with Crippen molar-refractivity contribution in [3.05, 3.63) is 39.9 Å². The van der Waals surface area contributed by atoms with Crippen LogP contribution < -0.4 is 0 Å². The Kier molecular flexibility index (Phi) is 4.95. The largest absolute Gasteiger partial charge is 0.336 e. The second kappa shape index (κ2) is 6.70. The van der Waals surface area contributed by atoms with Crippen molar-refractivity contribution in [2.45, 2.75) is 31.7 Å². The molecule has 1 atom stereocenters. The first-order chi connectivity index (χ1) is 9.63. The Hall–Kier alpha value is -1.62. The summed E-state index contributed by atoms with van der Waals surface area (Å²) in [6.45, 7) is 0.717. The van der Waals surface area contributed by atoms with Crippen LogP contribution in [0.5, 0.6) is 0 Å². The number of likely N-dealkylation sites (tertiary alicyclic amines) is 1. The summed E-state index contributed by atoms with van der Waals surface area (Å²) in [4.78, 5) is 24.6. The minimum Gasteiger partial charge on any atom is -0.336 e. The molecule has 6 heteroatoms. The lowest BCUT2D eigenvalue weighted by atomic mass is 10.1. The lowest BCUT2D eigenvalue weighted by molar-refractivity contribution is -0.384. The Morgan fingerprint density at radius 2 is 2.30 bits per heavy atom. The molecule has 0 aliphatic carbocycles. The molecule has 108 valence electrons. The molecule has 0 radical (unpaired) electrons. The zero-order valence-corrected chi connectivity index (χ0v) is 11.9. The summed E-state index contributed by atoms with van der Waals surface area (Å²) in [5, 5.41) is 10.8. The molecule has 1 aromatic rings. The molecule has 2 rings (SSSR count). The van der Waals surface area contributed by atoms with Crippen LogP contribution in [0.2, 0.25) is 0 Å². The molecule has 5 nitrogen and oxygen atoms in total. The predicted molar refractivity (Wildman–Crippen MR) is 77.1 cm³/mol. The number of nitro benzene ring substituents is 1. The van der Waals surface area contributed by atoms with Crippen molar-refractivity contribution < 1.29 is 9.72 Å². The second-order valence-electron chi connectivity index (χ2n) is 4.93. The van der Waals surface area contributed by atoms with Crippen molar-refractivity contribution >= 4 is 23.2 Å². The van der Waals surface area contributed by atoms with E-state index in [1.165, 1.54) is 12.1 Å². The molecule has 0 bridgehead atoms. The Labute approximate surface area is 122 Å². The van der Waals surface area contributed by atoms with Crippen LogP contribution in [-0.2, 0) is 0 Å². The van der Waals surface area contributed by atoms with Crippen LogP contribution in [-0.4, -0.2) is 34.2 Å². The zero-order valence-electron chi connectivity index (χ0n) is 11.1. The van der Waals surface area contributed by atoms with E-state index >= 15 is 0 Å². The van der Waals surface area contributed by atoms with Gasteiger partial charge in [0.25, 0.3) is 11.6 Å². The van der Waals surface area contributed by atoms with Gasteiger partial charge in [-0.25, -0.2) is 0 Å². The topological polar surface area (TPSA) is 63.4 Å². The molecule has 20 heavy (non-hydrogen) atoms. The van der Waals surface area contributed by atoms with E-state index < -0.39 is 4.92 Å². The van der Waals surface area contributed by atoms with E-state index in [1.54, 1.807) is 12.1 Å². The number of hydrogen-bond acceptors (Lipinski definition) is 3. The summed E-state index contributed by atoms with van der Waals surface area (Å²) in [6, 6.07) is 6.13. The fourth-order valence-electron chi connectivity index (χ4n) is 2.63. The summed E-state index contributed by atoms with van der Waals surface area (Å²) in [6.07, 6.45) is 3.74. The highest BCUT2D eigenvalue weighted by molar-refractivity contribution is 6.17. The molecule has 1 heterocycles. The van der Waals surface area contributed by atoms with E-state index in [4.69, 9.17) is 11.6 Å². The van der Waals surface area contributed by atoms with Crippen molar-refractivity contribution in [2.75, 3.05) is 12.4 Å². The number of halogens is 1. The average molecular weight is 297 g/mol. The lowest BCUT2D eigenvalue weighted by Gasteiger charge is -2.24. The van der Waals surface area contributed by atoms with Crippen LogP contribution in [0.3, 0.4) is 0 Å². The van der Waals surface area contributed by atoms with Gasteiger partial charge in [0, 0.05) is 36.2 Å². The molecule has 1 aliphatic rings. The maximum Gasteiger partial charge on any atom is 0.270 e. The first-order valence-electron chi connectivity index (χ1n) is 6.75. The van der Waals surface area contributed by atoms with Crippen LogP contribution in [0, 0.1) is 10.1 Å². The third-order valence-corrected chi connectivity index (χ3v) is 3.88. The minimum atomic E-state index is -0.480. The Balaban J connectivity index is 2.13. The van der Waals surface area contributed by atoms with Gasteiger partial charge in [0.05, 0.1) is 4.92 Å². The van der Waals surface area contributed by atoms with Crippen LogP contribution in [0.1, 0.15) is 36.0 Å². The minimum absolute atomic E-state index is 0.0487. The molecule has 0 N–H and O–H groups in total. The molecule has 1 saturated heterocycles.